The average Bonchev–Trinajstić information content (AvgIpc) is 2.46. The molecule has 0 aliphatic rings. The van der Waals surface area contributed by atoms with Gasteiger partial charge in [0.25, 0.3) is 0 Å². The second-order valence-corrected chi connectivity index (χ2v) is 6.22. The van der Waals surface area contributed by atoms with Crippen LogP contribution in [0.5, 0.6) is 5.75 Å². The summed E-state index contributed by atoms with van der Waals surface area (Å²) < 4.78 is 5.52. The molecule has 1 N–H and O–H groups in total. The van der Waals surface area contributed by atoms with E-state index in [0.29, 0.717) is 12.0 Å². The Labute approximate surface area is 130 Å². The molecule has 1 atom stereocenters. The fourth-order valence-corrected chi connectivity index (χ4v) is 2.40. The second-order valence-electron chi connectivity index (χ2n) is 6.22. The van der Waals surface area contributed by atoms with Crippen LogP contribution in [0, 0.1) is 5.92 Å². The number of hydrogen-bond donors (Lipinski definition) is 1. The minimum atomic E-state index is 0.552. The maximum atomic E-state index is 5.52. The van der Waals surface area contributed by atoms with Gasteiger partial charge in [-0.15, -0.1) is 0 Å². The molecule has 0 aliphatic heterocycles. The molecule has 0 saturated carbocycles. The summed E-state index contributed by atoms with van der Waals surface area (Å²) in [5.74, 6) is 1.63. The fourth-order valence-electron chi connectivity index (χ4n) is 2.40. The van der Waals surface area contributed by atoms with Crippen molar-refractivity contribution in [1.29, 1.82) is 0 Å². The number of benzene rings is 1. The third-order valence-electron chi connectivity index (χ3n) is 4.18. The van der Waals surface area contributed by atoms with E-state index in [1.54, 1.807) is 7.11 Å². The monoisotopic (exact) mass is 292 g/mol. The van der Waals surface area contributed by atoms with E-state index in [1.165, 1.54) is 11.1 Å². The molecule has 1 aromatic carbocycles. The number of hydrogen-bond acceptors (Lipinski definition) is 3. The van der Waals surface area contributed by atoms with E-state index in [1.807, 2.05) is 0 Å². The molecule has 0 saturated heterocycles. The standard InChI is InChI=1S/C18H32N2O/c1-7-10-19-12-16-8-9-18(21-6)17(11-16)13-20(5)15(4)14(2)3/h8-9,11,14-15,19H,7,10,12-13H2,1-6H3. The van der Waals surface area contributed by atoms with Gasteiger partial charge in [-0.1, -0.05) is 26.8 Å². The van der Waals surface area contributed by atoms with Crippen molar-refractivity contribution in [2.45, 2.75) is 53.2 Å². The molecule has 0 fully saturated rings. The first kappa shape index (κ1) is 18.0. The highest BCUT2D eigenvalue weighted by Gasteiger charge is 2.15. The number of ether oxygens (including phenoxy) is 1. The zero-order valence-corrected chi connectivity index (χ0v) is 14.6. The minimum Gasteiger partial charge on any atom is -0.496 e. The SMILES string of the molecule is CCCNCc1ccc(OC)c(CN(C)C(C)C(C)C)c1. The van der Waals surface area contributed by atoms with Crippen LogP contribution in [0.4, 0.5) is 0 Å². The van der Waals surface area contributed by atoms with Gasteiger partial charge < -0.3 is 10.1 Å². The van der Waals surface area contributed by atoms with Crippen LogP contribution < -0.4 is 10.1 Å². The third-order valence-corrected chi connectivity index (χ3v) is 4.18. The van der Waals surface area contributed by atoms with Gasteiger partial charge in [0, 0.05) is 24.7 Å². The van der Waals surface area contributed by atoms with Gasteiger partial charge in [-0.05, 0) is 50.6 Å². The quantitative estimate of drug-likeness (QED) is 0.703. The first-order valence-corrected chi connectivity index (χ1v) is 8.06. The van der Waals surface area contributed by atoms with Crippen LogP contribution >= 0.6 is 0 Å². The van der Waals surface area contributed by atoms with E-state index in [0.717, 1.165) is 31.8 Å². The molecule has 0 aromatic heterocycles. The predicted molar refractivity (Wildman–Crippen MR) is 90.8 cm³/mol. The van der Waals surface area contributed by atoms with Crippen LogP contribution in [0.3, 0.4) is 0 Å². The molecular formula is C18H32N2O. The highest BCUT2D eigenvalue weighted by molar-refractivity contribution is 5.37. The average molecular weight is 292 g/mol. The van der Waals surface area contributed by atoms with Crippen LogP contribution in [0.15, 0.2) is 18.2 Å². The Morgan fingerprint density at radius 1 is 1.24 bits per heavy atom. The Morgan fingerprint density at radius 3 is 2.52 bits per heavy atom. The van der Waals surface area contributed by atoms with Crippen molar-refractivity contribution in [3.05, 3.63) is 29.3 Å². The molecule has 1 unspecified atom stereocenters. The maximum Gasteiger partial charge on any atom is 0.123 e. The number of methoxy groups -OCH3 is 1. The molecule has 1 aromatic rings. The molecule has 0 heterocycles. The lowest BCUT2D eigenvalue weighted by molar-refractivity contribution is 0.198. The largest absolute Gasteiger partial charge is 0.496 e. The molecule has 3 nitrogen and oxygen atoms in total. The zero-order valence-electron chi connectivity index (χ0n) is 14.6. The van der Waals surface area contributed by atoms with Crippen molar-refractivity contribution in [3.63, 3.8) is 0 Å². The first-order valence-electron chi connectivity index (χ1n) is 8.06. The van der Waals surface area contributed by atoms with Crippen molar-refractivity contribution in [3.8, 4) is 5.75 Å². The summed E-state index contributed by atoms with van der Waals surface area (Å²) in [5.41, 5.74) is 2.59. The summed E-state index contributed by atoms with van der Waals surface area (Å²) in [7, 11) is 3.94. The summed E-state index contributed by atoms with van der Waals surface area (Å²) >= 11 is 0. The number of rotatable bonds is 9. The van der Waals surface area contributed by atoms with Gasteiger partial charge in [-0.2, -0.15) is 0 Å². The summed E-state index contributed by atoms with van der Waals surface area (Å²) in [6.45, 7) is 11.9. The molecule has 1 rings (SSSR count). The van der Waals surface area contributed by atoms with Gasteiger partial charge in [0.15, 0.2) is 0 Å². The molecule has 0 aliphatic carbocycles. The summed E-state index contributed by atoms with van der Waals surface area (Å²) in [6, 6.07) is 7.06. The molecule has 0 radical (unpaired) electrons. The van der Waals surface area contributed by atoms with E-state index in [4.69, 9.17) is 4.74 Å². The molecule has 3 heteroatoms. The van der Waals surface area contributed by atoms with Gasteiger partial charge in [0.2, 0.25) is 0 Å². The number of nitrogens with zero attached hydrogens (tertiary/aromatic N) is 1. The Bertz CT molecular complexity index is 418. The molecule has 21 heavy (non-hydrogen) atoms. The maximum absolute atomic E-state index is 5.52. The highest BCUT2D eigenvalue weighted by Crippen LogP contribution is 2.23. The van der Waals surface area contributed by atoms with E-state index in [2.05, 4.69) is 63.2 Å². The van der Waals surface area contributed by atoms with Crippen molar-refractivity contribution in [1.82, 2.24) is 10.2 Å². The van der Waals surface area contributed by atoms with Crippen molar-refractivity contribution in [2.75, 3.05) is 20.7 Å². The lowest BCUT2D eigenvalue weighted by Crippen LogP contribution is -2.32. The van der Waals surface area contributed by atoms with E-state index >= 15 is 0 Å². The van der Waals surface area contributed by atoms with Gasteiger partial charge in [-0.25, -0.2) is 0 Å². The third kappa shape index (κ3) is 5.68. The second kappa shape index (κ2) is 9.06. The Balaban J connectivity index is 2.80. The molecule has 120 valence electrons. The summed E-state index contributed by atoms with van der Waals surface area (Å²) in [4.78, 5) is 2.39. The molecule has 0 spiro atoms. The Hall–Kier alpha value is -1.06. The highest BCUT2D eigenvalue weighted by atomic mass is 16.5. The minimum absolute atomic E-state index is 0.552. The van der Waals surface area contributed by atoms with E-state index in [9.17, 15) is 0 Å². The van der Waals surface area contributed by atoms with Gasteiger partial charge in [-0.3, -0.25) is 4.90 Å². The fraction of sp³-hybridized carbons (Fsp3) is 0.667. The van der Waals surface area contributed by atoms with Crippen molar-refractivity contribution >= 4 is 0 Å². The van der Waals surface area contributed by atoms with Crippen LogP contribution in [-0.4, -0.2) is 31.6 Å². The molecule has 0 bridgehead atoms. The van der Waals surface area contributed by atoms with E-state index in [-0.39, 0.29) is 0 Å². The lowest BCUT2D eigenvalue weighted by Gasteiger charge is -2.28. The van der Waals surface area contributed by atoms with E-state index < -0.39 is 0 Å². The summed E-state index contributed by atoms with van der Waals surface area (Å²) in [5, 5.41) is 3.46. The van der Waals surface area contributed by atoms with Crippen molar-refractivity contribution < 1.29 is 4.74 Å². The van der Waals surface area contributed by atoms with Crippen LogP contribution in [0.25, 0.3) is 0 Å². The van der Waals surface area contributed by atoms with Crippen LogP contribution in [0.1, 0.15) is 45.2 Å². The summed E-state index contributed by atoms with van der Waals surface area (Å²) in [6.07, 6.45) is 1.16. The van der Waals surface area contributed by atoms with Gasteiger partial charge >= 0.3 is 0 Å². The molecular weight excluding hydrogens is 260 g/mol. The van der Waals surface area contributed by atoms with Crippen LogP contribution in [-0.2, 0) is 13.1 Å². The van der Waals surface area contributed by atoms with Crippen molar-refractivity contribution in [2.24, 2.45) is 5.92 Å². The lowest BCUT2D eigenvalue weighted by atomic mass is 10.0. The normalized spacial score (nSPS) is 13.0. The topological polar surface area (TPSA) is 24.5 Å². The molecule has 0 amide bonds. The number of nitrogens with one attached hydrogen (secondary N) is 1. The Kier molecular flexibility index (Phi) is 7.76. The predicted octanol–water partition coefficient (Wildman–Crippen LogP) is 3.67. The Morgan fingerprint density at radius 2 is 1.95 bits per heavy atom. The zero-order chi connectivity index (χ0) is 15.8. The van der Waals surface area contributed by atoms with Crippen LogP contribution in [0.2, 0.25) is 0 Å². The van der Waals surface area contributed by atoms with Gasteiger partial charge in [0.1, 0.15) is 5.75 Å². The first-order chi connectivity index (χ1) is 9.99. The smallest absolute Gasteiger partial charge is 0.123 e. The van der Waals surface area contributed by atoms with Gasteiger partial charge in [0.05, 0.1) is 7.11 Å².